The van der Waals surface area contributed by atoms with E-state index in [1.54, 1.807) is 12.1 Å². The van der Waals surface area contributed by atoms with Gasteiger partial charge in [-0.05, 0) is 75.8 Å². The third-order valence-corrected chi connectivity index (χ3v) is 6.84. The van der Waals surface area contributed by atoms with Gasteiger partial charge in [0.25, 0.3) is 11.7 Å². The zero-order chi connectivity index (χ0) is 27.4. The van der Waals surface area contributed by atoms with E-state index < -0.39 is 17.7 Å². The fraction of sp³-hybridized carbons (Fsp3) is 0.467. The van der Waals surface area contributed by atoms with E-state index in [1.807, 2.05) is 57.1 Å². The van der Waals surface area contributed by atoms with E-state index in [4.69, 9.17) is 14.2 Å². The van der Waals surface area contributed by atoms with Gasteiger partial charge in [0, 0.05) is 25.1 Å². The molecule has 2 aliphatic rings. The van der Waals surface area contributed by atoms with E-state index in [0.717, 1.165) is 24.2 Å². The van der Waals surface area contributed by atoms with Crippen molar-refractivity contribution < 1.29 is 28.9 Å². The van der Waals surface area contributed by atoms with Crippen LogP contribution in [0.2, 0.25) is 0 Å². The molecule has 2 aliphatic heterocycles. The molecule has 2 heterocycles. The van der Waals surface area contributed by atoms with Crippen molar-refractivity contribution in [2.24, 2.45) is 0 Å². The SMILES string of the molecule is CCCCOc1ccc([C@@H]2/C(=C(\O)c3ccc4c(c3)C[C@H](C)O4)C(=O)C(=O)N2CCN(C)C)cc1OCC. The Morgan fingerprint density at radius 3 is 2.61 bits per heavy atom. The van der Waals surface area contributed by atoms with E-state index in [9.17, 15) is 14.7 Å². The Morgan fingerprint density at radius 1 is 1.11 bits per heavy atom. The van der Waals surface area contributed by atoms with Crippen molar-refractivity contribution in [2.45, 2.75) is 52.2 Å². The number of hydrogen-bond acceptors (Lipinski definition) is 7. The van der Waals surface area contributed by atoms with E-state index in [1.165, 1.54) is 4.90 Å². The second-order valence-electron chi connectivity index (χ2n) is 10.1. The molecule has 2 atom stereocenters. The van der Waals surface area contributed by atoms with Crippen molar-refractivity contribution in [3.8, 4) is 17.2 Å². The van der Waals surface area contributed by atoms with Crippen LogP contribution in [-0.2, 0) is 16.0 Å². The summed E-state index contributed by atoms with van der Waals surface area (Å²) in [5, 5.41) is 11.5. The molecule has 1 saturated heterocycles. The number of unbranched alkanes of at least 4 members (excludes halogenated alkanes) is 1. The Kier molecular flexibility index (Phi) is 8.62. The smallest absolute Gasteiger partial charge is 0.295 e. The normalized spacial score (nSPS) is 20.1. The van der Waals surface area contributed by atoms with Crippen LogP contribution in [0.15, 0.2) is 42.0 Å². The maximum atomic E-state index is 13.4. The zero-order valence-corrected chi connectivity index (χ0v) is 23.0. The number of hydrogen-bond donors (Lipinski definition) is 1. The lowest BCUT2D eigenvalue weighted by Crippen LogP contribution is -2.35. The maximum absolute atomic E-state index is 13.4. The highest BCUT2D eigenvalue weighted by Gasteiger charge is 2.46. The summed E-state index contributed by atoms with van der Waals surface area (Å²) in [6.45, 7) is 7.87. The highest BCUT2D eigenvalue weighted by molar-refractivity contribution is 6.46. The van der Waals surface area contributed by atoms with Gasteiger partial charge < -0.3 is 29.1 Å². The lowest BCUT2D eigenvalue weighted by molar-refractivity contribution is -0.140. The van der Waals surface area contributed by atoms with Crippen LogP contribution in [0.3, 0.4) is 0 Å². The van der Waals surface area contributed by atoms with Crippen LogP contribution in [0.4, 0.5) is 0 Å². The summed E-state index contributed by atoms with van der Waals surface area (Å²) in [7, 11) is 3.82. The number of aliphatic hydroxyl groups is 1. The van der Waals surface area contributed by atoms with Crippen LogP contribution in [-0.4, -0.2) is 73.1 Å². The number of carbonyl (C=O) groups is 2. The van der Waals surface area contributed by atoms with Crippen molar-refractivity contribution in [2.75, 3.05) is 40.4 Å². The molecule has 8 heteroatoms. The van der Waals surface area contributed by atoms with Crippen molar-refractivity contribution >= 4 is 17.4 Å². The molecule has 0 aromatic heterocycles. The second-order valence-corrected chi connectivity index (χ2v) is 10.1. The quantitative estimate of drug-likeness (QED) is 0.200. The summed E-state index contributed by atoms with van der Waals surface area (Å²) >= 11 is 0. The number of ketones is 1. The van der Waals surface area contributed by atoms with E-state index in [2.05, 4.69) is 6.92 Å². The predicted octanol–water partition coefficient (Wildman–Crippen LogP) is 4.57. The highest BCUT2D eigenvalue weighted by atomic mass is 16.5. The van der Waals surface area contributed by atoms with E-state index in [0.29, 0.717) is 55.4 Å². The minimum atomic E-state index is -0.762. The third kappa shape index (κ3) is 5.65. The number of Topliss-reactive ketones (excluding diaryl/α,β-unsaturated/α-hetero) is 1. The second kappa shape index (κ2) is 11.9. The molecule has 0 unspecified atom stereocenters. The number of carbonyl (C=O) groups excluding carboxylic acids is 2. The van der Waals surface area contributed by atoms with Crippen molar-refractivity contribution in [1.29, 1.82) is 0 Å². The van der Waals surface area contributed by atoms with Crippen molar-refractivity contribution in [1.82, 2.24) is 9.80 Å². The molecule has 1 fully saturated rings. The number of rotatable bonds is 11. The first-order valence-corrected chi connectivity index (χ1v) is 13.4. The molecule has 0 radical (unpaired) electrons. The van der Waals surface area contributed by atoms with Crippen molar-refractivity contribution in [3.05, 3.63) is 58.7 Å². The fourth-order valence-corrected chi connectivity index (χ4v) is 4.90. The molecular weight excluding hydrogens is 484 g/mol. The van der Waals surface area contributed by atoms with Crippen LogP contribution in [0.1, 0.15) is 56.3 Å². The van der Waals surface area contributed by atoms with Gasteiger partial charge in [0.1, 0.15) is 17.6 Å². The first kappa shape index (κ1) is 27.5. The standard InChI is InChI=1S/C30H38N2O6/c1-6-8-15-37-24-12-9-20(18-25(24)36-7-2)27-26(29(34)30(35)32(27)14-13-31(4)5)28(33)21-10-11-23-22(17-21)16-19(3)38-23/h9-12,17-19,27,33H,6-8,13-16H2,1-5H3/b28-26+/t19-,27+/m0/s1. The van der Waals surface area contributed by atoms with Crippen LogP contribution in [0.5, 0.6) is 17.2 Å². The molecule has 0 spiro atoms. The monoisotopic (exact) mass is 522 g/mol. The van der Waals surface area contributed by atoms with Gasteiger partial charge in [-0.1, -0.05) is 19.4 Å². The molecule has 2 aromatic carbocycles. The van der Waals surface area contributed by atoms with Crippen LogP contribution in [0, 0.1) is 0 Å². The minimum absolute atomic E-state index is 0.0501. The summed E-state index contributed by atoms with van der Waals surface area (Å²) in [5.41, 5.74) is 2.20. The van der Waals surface area contributed by atoms with Gasteiger partial charge in [0.15, 0.2) is 11.5 Å². The Morgan fingerprint density at radius 2 is 1.89 bits per heavy atom. The first-order chi connectivity index (χ1) is 18.2. The van der Waals surface area contributed by atoms with Gasteiger partial charge in [-0.25, -0.2) is 0 Å². The molecule has 0 saturated carbocycles. The Bertz CT molecular complexity index is 1220. The largest absolute Gasteiger partial charge is 0.507 e. The van der Waals surface area contributed by atoms with Crippen LogP contribution < -0.4 is 14.2 Å². The lowest BCUT2D eigenvalue weighted by atomic mass is 9.94. The molecule has 4 rings (SSSR count). The topological polar surface area (TPSA) is 88.5 Å². The van der Waals surface area contributed by atoms with Crippen LogP contribution in [0.25, 0.3) is 5.76 Å². The number of nitrogens with zero attached hydrogens (tertiary/aromatic N) is 2. The first-order valence-electron chi connectivity index (χ1n) is 13.4. The molecule has 2 aromatic rings. The fourth-order valence-electron chi connectivity index (χ4n) is 4.90. The van der Waals surface area contributed by atoms with Crippen molar-refractivity contribution in [3.63, 3.8) is 0 Å². The van der Waals surface area contributed by atoms with Gasteiger partial charge >= 0.3 is 0 Å². The van der Waals surface area contributed by atoms with E-state index >= 15 is 0 Å². The summed E-state index contributed by atoms with van der Waals surface area (Å²) in [6, 6.07) is 10.1. The molecule has 1 N–H and O–H groups in total. The molecular formula is C30H38N2O6. The highest BCUT2D eigenvalue weighted by Crippen LogP contribution is 2.42. The minimum Gasteiger partial charge on any atom is -0.507 e. The Labute approximate surface area is 224 Å². The number of likely N-dealkylation sites (tertiary alicyclic amines) is 1. The number of benzene rings is 2. The predicted molar refractivity (Wildman–Crippen MR) is 146 cm³/mol. The zero-order valence-electron chi connectivity index (χ0n) is 23.0. The van der Waals surface area contributed by atoms with Gasteiger partial charge in [-0.3, -0.25) is 9.59 Å². The summed E-state index contributed by atoms with van der Waals surface area (Å²) in [6.07, 6.45) is 2.70. The number of aliphatic hydroxyl groups excluding tert-OH is 1. The molecule has 0 aliphatic carbocycles. The third-order valence-electron chi connectivity index (χ3n) is 6.84. The average molecular weight is 523 g/mol. The summed E-state index contributed by atoms with van der Waals surface area (Å²) < 4.78 is 17.6. The average Bonchev–Trinajstić information content (AvgIpc) is 3.38. The molecule has 1 amide bonds. The summed E-state index contributed by atoms with van der Waals surface area (Å²) in [4.78, 5) is 30.1. The number of likely N-dealkylation sites (N-methyl/N-ethyl adjacent to an activating group) is 1. The lowest BCUT2D eigenvalue weighted by Gasteiger charge is -2.27. The van der Waals surface area contributed by atoms with Gasteiger partial charge in [-0.2, -0.15) is 0 Å². The molecule has 0 bridgehead atoms. The number of fused-ring (bicyclic) bond motifs is 1. The molecule has 8 nitrogen and oxygen atoms in total. The molecule has 38 heavy (non-hydrogen) atoms. The maximum Gasteiger partial charge on any atom is 0.295 e. The number of amides is 1. The Hall–Kier alpha value is -3.52. The van der Waals surface area contributed by atoms with Gasteiger partial charge in [0.2, 0.25) is 0 Å². The number of ether oxygens (including phenoxy) is 3. The molecule has 204 valence electrons. The summed E-state index contributed by atoms with van der Waals surface area (Å²) in [5.74, 6) is 0.418. The van der Waals surface area contributed by atoms with Crippen LogP contribution >= 0.6 is 0 Å². The Balaban J connectivity index is 1.80. The van der Waals surface area contributed by atoms with E-state index in [-0.39, 0.29) is 17.4 Å². The van der Waals surface area contributed by atoms with Gasteiger partial charge in [0.05, 0.1) is 24.8 Å². The van der Waals surface area contributed by atoms with Gasteiger partial charge in [-0.15, -0.1) is 0 Å².